The Morgan fingerprint density at radius 2 is 1.85 bits per heavy atom. The number of hydrogen-bond donors (Lipinski definition) is 2. The summed E-state index contributed by atoms with van der Waals surface area (Å²) in [6, 6.07) is 6.73. The molecule has 0 bridgehead atoms. The van der Waals surface area contributed by atoms with Crippen LogP contribution >= 0.6 is 0 Å². The van der Waals surface area contributed by atoms with Gasteiger partial charge in [0, 0.05) is 11.7 Å². The van der Waals surface area contributed by atoms with Crippen LogP contribution < -0.4 is 10.6 Å². The van der Waals surface area contributed by atoms with Crippen LogP contribution in [-0.2, 0) is 4.79 Å². The van der Waals surface area contributed by atoms with Gasteiger partial charge in [-0.05, 0) is 68.6 Å². The molecule has 0 unspecified atom stereocenters. The lowest BCUT2D eigenvalue weighted by Gasteiger charge is -2.18. The Bertz CT molecular complexity index is 492. The third kappa shape index (κ3) is 3.33. The Hall–Kier alpha value is -1.51. The minimum Gasteiger partial charge on any atom is -0.376 e. The van der Waals surface area contributed by atoms with Gasteiger partial charge in [0.2, 0.25) is 5.91 Å². The quantitative estimate of drug-likeness (QED) is 0.836. The Morgan fingerprint density at radius 3 is 2.45 bits per heavy atom. The lowest BCUT2D eigenvalue weighted by Crippen LogP contribution is -2.41. The molecule has 0 heterocycles. The fraction of sp³-hybridized carbons (Fsp3) is 0.588. The van der Waals surface area contributed by atoms with E-state index in [-0.39, 0.29) is 5.91 Å². The third-order valence-corrected chi connectivity index (χ3v) is 4.42. The zero-order valence-corrected chi connectivity index (χ0v) is 12.4. The summed E-state index contributed by atoms with van der Waals surface area (Å²) in [4.78, 5) is 12.1. The van der Waals surface area contributed by atoms with Crippen molar-refractivity contribution < 1.29 is 4.79 Å². The zero-order chi connectivity index (χ0) is 14.1. The van der Waals surface area contributed by atoms with Gasteiger partial charge in [0.15, 0.2) is 0 Å². The van der Waals surface area contributed by atoms with E-state index in [1.807, 2.05) is 0 Å². The predicted molar refractivity (Wildman–Crippen MR) is 81.8 cm³/mol. The van der Waals surface area contributed by atoms with Crippen LogP contribution in [0.15, 0.2) is 18.2 Å². The van der Waals surface area contributed by atoms with Gasteiger partial charge in [-0.3, -0.25) is 4.79 Å². The van der Waals surface area contributed by atoms with Crippen molar-refractivity contribution in [3.05, 3.63) is 29.3 Å². The molecule has 0 saturated heterocycles. The minimum atomic E-state index is 0.134. The van der Waals surface area contributed by atoms with Crippen LogP contribution in [0.4, 0.5) is 5.69 Å². The summed E-state index contributed by atoms with van der Waals surface area (Å²) >= 11 is 0. The highest BCUT2D eigenvalue weighted by Crippen LogP contribution is 2.44. The van der Waals surface area contributed by atoms with Gasteiger partial charge in [0.05, 0.1) is 6.54 Å². The largest absolute Gasteiger partial charge is 0.376 e. The topological polar surface area (TPSA) is 41.1 Å². The molecule has 2 aliphatic carbocycles. The molecule has 20 heavy (non-hydrogen) atoms. The second-order valence-electron chi connectivity index (χ2n) is 6.44. The molecule has 3 rings (SSSR count). The van der Waals surface area contributed by atoms with E-state index in [4.69, 9.17) is 0 Å². The fourth-order valence-corrected chi connectivity index (χ4v) is 2.87. The second kappa shape index (κ2) is 5.47. The van der Waals surface area contributed by atoms with Crippen LogP contribution in [0.3, 0.4) is 0 Å². The maximum absolute atomic E-state index is 12.1. The molecule has 2 N–H and O–H groups in total. The first-order chi connectivity index (χ1) is 9.63. The summed E-state index contributed by atoms with van der Waals surface area (Å²) in [7, 11) is 0. The van der Waals surface area contributed by atoms with E-state index >= 15 is 0 Å². The number of hydrogen-bond acceptors (Lipinski definition) is 2. The molecule has 0 aliphatic heterocycles. The molecule has 2 aliphatic rings. The molecule has 1 aromatic carbocycles. The average Bonchev–Trinajstić information content (AvgIpc) is 3.28. The van der Waals surface area contributed by atoms with Crippen LogP contribution in [0.1, 0.15) is 36.8 Å². The zero-order valence-electron chi connectivity index (χ0n) is 12.4. The molecule has 0 atom stereocenters. The maximum Gasteiger partial charge on any atom is 0.239 e. The Labute approximate surface area is 121 Å². The Balaban J connectivity index is 1.52. The second-order valence-corrected chi connectivity index (χ2v) is 6.44. The highest BCUT2D eigenvalue weighted by atomic mass is 16.2. The van der Waals surface area contributed by atoms with Gasteiger partial charge in [-0.15, -0.1) is 0 Å². The summed E-state index contributed by atoms with van der Waals surface area (Å²) in [5.41, 5.74) is 3.46. The lowest BCUT2D eigenvalue weighted by molar-refractivity contribution is -0.120. The number of carbonyl (C=O) groups excluding carboxylic acids is 1. The van der Waals surface area contributed by atoms with Crippen molar-refractivity contribution in [3.8, 4) is 0 Å². The lowest BCUT2D eigenvalue weighted by atomic mass is 10.1. The minimum absolute atomic E-state index is 0.134. The number of nitrogens with one attached hydrogen (secondary N) is 2. The maximum atomic E-state index is 12.1. The molecule has 0 spiro atoms. The number of carbonyl (C=O) groups is 1. The molecular formula is C17H24N2O. The van der Waals surface area contributed by atoms with E-state index in [0.717, 1.165) is 17.5 Å². The summed E-state index contributed by atoms with van der Waals surface area (Å²) in [5.74, 6) is 1.65. The molecule has 3 nitrogen and oxygen atoms in total. The van der Waals surface area contributed by atoms with Crippen LogP contribution in [0.2, 0.25) is 0 Å². The first kappa shape index (κ1) is 13.5. The molecule has 2 fully saturated rings. The standard InChI is InChI=1S/C17H24N2O/c1-11-3-4-12(2)15(9-11)18-10-16(20)19-17(13-5-6-13)14-7-8-14/h3-4,9,13-14,17-18H,5-8,10H2,1-2H3,(H,19,20). The molecule has 108 valence electrons. The van der Waals surface area contributed by atoms with Crippen LogP contribution in [0, 0.1) is 25.7 Å². The highest BCUT2D eigenvalue weighted by Gasteiger charge is 2.42. The number of anilines is 1. The van der Waals surface area contributed by atoms with E-state index < -0.39 is 0 Å². The number of aryl methyl sites for hydroxylation is 2. The van der Waals surface area contributed by atoms with E-state index in [0.29, 0.717) is 12.6 Å². The van der Waals surface area contributed by atoms with Gasteiger partial charge in [-0.2, -0.15) is 0 Å². The van der Waals surface area contributed by atoms with E-state index in [1.165, 1.54) is 36.8 Å². The van der Waals surface area contributed by atoms with Gasteiger partial charge in [0.1, 0.15) is 0 Å². The molecule has 3 heteroatoms. The van der Waals surface area contributed by atoms with Crippen LogP contribution in [-0.4, -0.2) is 18.5 Å². The predicted octanol–water partition coefficient (Wildman–Crippen LogP) is 3.02. The fourth-order valence-electron chi connectivity index (χ4n) is 2.87. The first-order valence-corrected chi connectivity index (χ1v) is 7.74. The summed E-state index contributed by atoms with van der Waals surface area (Å²) in [6.45, 7) is 4.51. The average molecular weight is 272 g/mol. The van der Waals surface area contributed by atoms with Crippen molar-refractivity contribution in [3.63, 3.8) is 0 Å². The summed E-state index contributed by atoms with van der Waals surface area (Å²) in [5, 5.41) is 6.51. The number of rotatable bonds is 6. The van der Waals surface area contributed by atoms with Gasteiger partial charge in [0.25, 0.3) is 0 Å². The smallest absolute Gasteiger partial charge is 0.239 e. The number of amides is 1. The van der Waals surface area contributed by atoms with Crippen LogP contribution in [0.5, 0.6) is 0 Å². The number of benzene rings is 1. The van der Waals surface area contributed by atoms with E-state index in [2.05, 4.69) is 42.7 Å². The van der Waals surface area contributed by atoms with Crippen LogP contribution in [0.25, 0.3) is 0 Å². The van der Waals surface area contributed by atoms with Crippen molar-refractivity contribution in [2.24, 2.45) is 11.8 Å². The molecule has 2 saturated carbocycles. The SMILES string of the molecule is Cc1ccc(C)c(NCC(=O)NC(C2CC2)C2CC2)c1. The summed E-state index contributed by atoms with van der Waals surface area (Å²) < 4.78 is 0. The molecular weight excluding hydrogens is 248 g/mol. The van der Waals surface area contributed by atoms with Crippen molar-refractivity contribution >= 4 is 11.6 Å². The van der Waals surface area contributed by atoms with Crippen molar-refractivity contribution in [1.29, 1.82) is 0 Å². The molecule has 0 radical (unpaired) electrons. The highest BCUT2D eigenvalue weighted by molar-refractivity contribution is 5.81. The first-order valence-electron chi connectivity index (χ1n) is 7.74. The van der Waals surface area contributed by atoms with Gasteiger partial charge >= 0.3 is 0 Å². The Morgan fingerprint density at radius 1 is 1.20 bits per heavy atom. The molecule has 0 aromatic heterocycles. The third-order valence-electron chi connectivity index (χ3n) is 4.42. The molecule has 1 amide bonds. The summed E-state index contributed by atoms with van der Waals surface area (Å²) in [6.07, 6.45) is 5.19. The van der Waals surface area contributed by atoms with Crippen molar-refractivity contribution in [2.75, 3.05) is 11.9 Å². The molecule has 1 aromatic rings. The normalized spacial score (nSPS) is 18.1. The monoisotopic (exact) mass is 272 g/mol. The van der Waals surface area contributed by atoms with Gasteiger partial charge in [-0.1, -0.05) is 12.1 Å². The van der Waals surface area contributed by atoms with E-state index in [9.17, 15) is 4.79 Å². The van der Waals surface area contributed by atoms with Crippen molar-refractivity contribution in [1.82, 2.24) is 5.32 Å². The van der Waals surface area contributed by atoms with Crippen molar-refractivity contribution in [2.45, 2.75) is 45.6 Å². The van der Waals surface area contributed by atoms with Gasteiger partial charge < -0.3 is 10.6 Å². The Kier molecular flexibility index (Phi) is 3.68. The van der Waals surface area contributed by atoms with Gasteiger partial charge in [-0.25, -0.2) is 0 Å². The van der Waals surface area contributed by atoms with E-state index in [1.54, 1.807) is 0 Å².